The van der Waals surface area contributed by atoms with Crippen LogP contribution in [0, 0.1) is 5.82 Å². The summed E-state index contributed by atoms with van der Waals surface area (Å²) in [6, 6.07) is 3.68. The number of likely N-dealkylation sites (N-methyl/N-ethyl adjacent to an activating group) is 1. The molecule has 1 heterocycles. The summed E-state index contributed by atoms with van der Waals surface area (Å²) >= 11 is 3.51. The highest BCUT2D eigenvalue weighted by atomic mass is 79.9. The van der Waals surface area contributed by atoms with Crippen molar-refractivity contribution in [3.05, 3.63) is 33.5 Å². The molecule has 5 nitrogen and oxygen atoms in total. The maximum absolute atomic E-state index is 14.2. The Kier molecular flexibility index (Phi) is 5.08. The summed E-state index contributed by atoms with van der Waals surface area (Å²) in [5, 5.41) is 3.39. The first-order valence-corrected chi connectivity index (χ1v) is 8.97. The lowest BCUT2D eigenvalue weighted by atomic mass is 9.99. The van der Waals surface area contributed by atoms with E-state index in [9.17, 15) is 9.18 Å². The van der Waals surface area contributed by atoms with Gasteiger partial charge >= 0.3 is 0 Å². The van der Waals surface area contributed by atoms with E-state index in [2.05, 4.69) is 26.2 Å². The van der Waals surface area contributed by atoms with E-state index in [1.807, 2.05) is 4.90 Å². The van der Waals surface area contributed by atoms with Gasteiger partial charge in [-0.05, 0) is 37.0 Å². The van der Waals surface area contributed by atoms with Crippen molar-refractivity contribution in [1.82, 2.24) is 15.1 Å². The summed E-state index contributed by atoms with van der Waals surface area (Å²) in [6.07, 6.45) is 2.98. The van der Waals surface area contributed by atoms with Crippen LogP contribution in [0.15, 0.2) is 21.6 Å². The highest BCUT2D eigenvalue weighted by molar-refractivity contribution is 9.10. The van der Waals surface area contributed by atoms with Crippen LogP contribution in [0.5, 0.6) is 0 Å². The van der Waals surface area contributed by atoms with Gasteiger partial charge < -0.3 is 15.1 Å². The molecule has 0 aromatic heterocycles. The topological polar surface area (TPSA) is 47.9 Å². The Labute approximate surface area is 150 Å². The van der Waals surface area contributed by atoms with E-state index in [4.69, 9.17) is 0 Å². The van der Waals surface area contributed by atoms with Gasteiger partial charge in [-0.25, -0.2) is 9.38 Å². The second-order valence-corrected chi connectivity index (χ2v) is 7.36. The molecule has 2 aliphatic rings. The zero-order valence-electron chi connectivity index (χ0n) is 14.0. The highest BCUT2D eigenvalue weighted by Gasteiger charge is 2.28. The van der Waals surface area contributed by atoms with Crippen LogP contribution in [0.2, 0.25) is 0 Å². The minimum Gasteiger partial charge on any atom is -0.353 e. The fourth-order valence-electron chi connectivity index (χ4n) is 2.71. The largest absolute Gasteiger partial charge is 0.353 e. The van der Waals surface area contributed by atoms with Crippen LogP contribution in [0.1, 0.15) is 24.0 Å². The maximum Gasteiger partial charge on any atom is 0.243 e. The molecule has 1 aromatic carbocycles. The Balaban J connectivity index is 1.79. The first kappa shape index (κ1) is 17.2. The number of hydrogen-bond donors (Lipinski definition) is 1. The summed E-state index contributed by atoms with van der Waals surface area (Å²) in [4.78, 5) is 19.9. The molecule has 1 amide bonds. The molecule has 1 fully saturated rings. The van der Waals surface area contributed by atoms with Crippen LogP contribution in [0.25, 0.3) is 0 Å². The molecule has 130 valence electrons. The summed E-state index contributed by atoms with van der Waals surface area (Å²) in [5.74, 6) is 0.474. The molecule has 0 atom stereocenters. The second kappa shape index (κ2) is 7.09. The standard InChI is InChI=1S/C17H22BrFN4O/c1-22(2)16(24)9-20-17(21-11-3-4-11)23-8-7-12-13(10-23)15(19)6-5-14(12)18/h5-6,11H,3-4,7-10H2,1-2H3,(H,20,21). The summed E-state index contributed by atoms with van der Waals surface area (Å²) in [6.45, 7) is 1.32. The quantitative estimate of drug-likeness (QED) is 0.628. The summed E-state index contributed by atoms with van der Waals surface area (Å²) in [7, 11) is 3.44. The minimum absolute atomic E-state index is 0.0450. The van der Waals surface area contributed by atoms with Gasteiger partial charge in [-0.15, -0.1) is 0 Å². The fraction of sp³-hybridized carbons (Fsp3) is 0.529. The molecule has 3 rings (SSSR count). The number of benzene rings is 1. The van der Waals surface area contributed by atoms with Gasteiger partial charge in [0.25, 0.3) is 0 Å². The van der Waals surface area contributed by atoms with Crippen molar-refractivity contribution in [1.29, 1.82) is 0 Å². The number of carbonyl (C=O) groups is 1. The number of fused-ring (bicyclic) bond motifs is 1. The molecule has 0 unspecified atom stereocenters. The minimum atomic E-state index is -0.187. The number of carbonyl (C=O) groups excluding carboxylic acids is 1. The van der Waals surface area contributed by atoms with Crippen molar-refractivity contribution in [2.24, 2.45) is 4.99 Å². The van der Waals surface area contributed by atoms with Crippen molar-refractivity contribution >= 4 is 27.8 Å². The Morgan fingerprint density at radius 1 is 1.42 bits per heavy atom. The van der Waals surface area contributed by atoms with Crippen LogP contribution in [-0.2, 0) is 17.8 Å². The fourth-order valence-corrected chi connectivity index (χ4v) is 3.28. The zero-order valence-corrected chi connectivity index (χ0v) is 15.6. The number of aliphatic imine (C=N–C) groups is 1. The van der Waals surface area contributed by atoms with E-state index in [-0.39, 0.29) is 18.3 Å². The molecule has 7 heteroatoms. The lowest BCUT2D eigenvalue weighted by Crippen LogP contribution is -2.45. The van der Waals surface area contributed by atoms with Gasteiger partial charge in [0.15, 0.2) is 5.96 Å². The Morgan fingerprint density at radius 2 is 2.17 bits per heavy atom. The zero-order chi connectivity index (χ0) is 17.3. The van der Waals surface area contributed by atoms with E-state index in [1.165, 1.54) is 11.0 Å². The van der Waals surface area contributed by atoms with E-state index >= 15 is 0 Å². The summed E-state index contributed by atoms with van der Waals surface area (Å²) in [5.41, 5.74) is 1.74. The monoisotopic (exact) mass is 396 g/mol. The molecule has 1 saturated carbocycles. The van der Waals surface area contributed by atoms with Crippen LogP contribution < -0.4 is 5.32 Å². The SMILES string of the molecule is CN(C)C(=O)CN=C(NC1CC1)N1CCc2c(Br)ccc(F)c2C1. The molecule has 0 saturated heterocycles. The van der Waals surface area contributed by atoms with Crippen molar-refractivity contribution < 1.29 is 9.18 Å². The summed E-state index contributed by atoms with van der Waals surface area (Å²) < 4.78 is 15.2. The lowest BCUT2D eigenvalue weighted by molar-refractivity contribution is -0.127. The lowest BCUT2D eigenvalue weighted by Gasteiger charge is -2.32. The molecule has 0 radical (unpaired) electrons. The average Bonchev–Trinajstić information content (AvgIpc) is 3.38. The molecule has 1 aliphatic carbocycles. The van der Waals surface area contributed by atoms with E-state index in [0.717, 1.165) is 35.8 Å². The predicted octanol–water partition coefficient (Wildman–Crippen LogP) is 2.14. The molecule has 0 spiro atoms. The third-order valence-corrected chi connectivity index (χ3v) is 5.11. The van der Waals surface area contributed by atoms with Crippen molar-refractivity contribution in [3.8, 4) is 0 Å². The van der Waals surface area contributed by atoms with E-state index < -0.39 is 0 Å². The molecular weight excluding hydrogens is 375 g/mol. The van der Waals surface area contributed by atoms with E-state index in [1.54, 1.807) is 20.2 Å². The number of rotatable bonds is 3. The maximum atomic E-state index is 14.2. The van der Waals surface area contributed by atoms with Gasteiger partial charge in [-0.2, -0.15) is 0 Å². The van der Waals surface area contributed by atoms with Crippen LogP contribution >= 0.6 is 15.9 Å². The van der Waals surface area contributed by atoms with Crippen LogP contribution in [0.3, 0.4) is 0 Å². The van der Waals surface area contributed by atoms with Gasteiger partial charge in [-0.3, -0.25) is 4.79 Å². The number of hydrogen-bond acceptors (Lipinski definition) is 2. The van der Waals surface area contributed by atoms with Crippen molar-refractivity contribution in [3.63, 3.8) is 0 Å². The van der Waals surface area contributed by atoms with Gasteiger partial charge in [0.05, 0.1) is 0 Å². The van der Waals surface area contributed by atoms with Gasteiger partial charge in [-0.1, -0.05) is 15.9 Å². The predicted molar refractivity (Wildman–Crippen MR) is 95.4 cm³/mol. The molecule has 1 N–H and O–H groups in total. The average molecular weight is 397 g/mol. The molecule has 1 aromatic rings. The van der Waals surface area contributed by atoms with Crippen LogP contribution in [0.4, 0.5) is 4.39 Å². The van der Waals surface area contributed by atoms with Gasteiger partial charge in [0, 0.05) is 43.3 Å². The number of nitrogens with zero attached hydrogens (tertiary/aromatic N) is 3. The molecule has 1 aliphatic heterocycles. The Morgan fingerprint density at radius 3 is 2.83 bits per heavy atom. The van der Waals surface area contributed by atoms with Crippen LogP contribution in [-0.4, -0.2) is 54.9 Å². The Bertz CT molecular complexity index is 673. The normalized spacial score (nSPS) is 17.5. The van der Waals surface area contributed by atoms with Gasteiger partial charge in [0.1, 0.15) is 12.4 Å². The highest BCUT2D eigenvalue weighted by Crippen LogP contribution is 2.29. The van der Waals surface area contributed by atoms with Crippen molar-refractivity contribution in [2.75, 3.05) is 27.2 Å². The number of guanidine groups is 1. The second-order valence-electron chi connectivity index (χ2n) is 6.50. The van der Waals surface area contributed by atoms with Crippen molar-refractivity contribution in [2.45, 2.75) is 31.8 Å². The Hall–Kier alpha value is -1.63. The molecule has 24 heavy (non-hydrogen) atoms. The van der Waals surface area contributed by atoms with E-state index in [0.29, 0.717) is 24.1 Å². The first-order valence-electron chi connectivity index (χ1n) is 8.17. The molecular formula is C17H22BrFN4O. The number of halogens is 2. The van der Waals surface area contributed by atoms with Gasteiger partial charge in [0.2, 0.25) is 5.91 Å². The first-order chi connectivity index (χ1) is 11.5. The third-order valence-electron chi connectivity index (χ3n) is 4.37. The number of amides is 1. The smallest absolute Gasteiger partial charge is 0.243 e. The molecule has 0 bridgehead atoms. The number of nitrogens with one attached hydrogen (secondary N) is 1. The third kappa shape index (κ3) is 3.88.